The zero-order valence-corrected chi connectivity index (χ0v) is 16.5. The number of benzene rings is 1. The third-order valence-electron chi connectivity index (χ3n) is 5.33. The van der Waals surface area contributed by atoms with Crippen LogP contribution in [-0.2, 0) is 13.5 Å². The molecule has 0 N–H and O–H groups in total. The van der Waals surface area contributed by atoms with Crippen molar-refractivity contribution in [2.45, 2.75) is 18.9 Å². The van der Waals surface area contributed by atoms with Gasteiger partial charge in [-0.1, -0.05) is 18.2 Å². The maximum absolute atomic E-state index is 6.24. The van der Waals surface area contributed by atoms with Gasteiger partial charge in [-0.15, -0.1) is 0 Å². The second kappa shape index (κ2) is 7.16. The van der Waals surface area contributed by atoms with E-state index < -0.39 is 0 Å². The topological polar surface area (TPSA) is 69.0 Å². The van der Waals surface area contributed by atoms with Gasteiger partial charge in [0, 0.05) is 32.1 Å². The van der Waals surface area contributed by atoms with Gasteiger partial charge in [0.15, 0.2) is 11.5 Å². The van der Waals surface area contributed by atoms with Crippen LogP contribution in [-0.4, -0.2) is 44.4 Å². The van der Waals surface area contributed by atoms with E-state index in [0.29, 0.717) is 5.82 Å². The Morgan fingerprint density at radius 3 is 2.90 bits per heavy atom. The van der Waals surface area contributed by atoms with Crippen molar-refractivity contribution in [1.29, 1.82) is 0 Å². The van der Waals surface area contributed by atoms with Gasteiger partial charge in [-0.05, 0) is 36.6 Å². The van der Waals surface area contributed by atoms with Gasteiger partial charge in [0.1, 0.15) is 17.7 Å². The van der Waals surface area contributed by atoms with Crippen molar-refractivity contribution in [1.82, 2.24) is 24.7 Å². The van der Waals surface area contributed by atoms with Gasteiger partial charge in [-0.25, -0.2) is 9.97 Å². The summed E-state index contributed by atoms with van der Waals surface area (Å²) in [6, 6.07) is 12.1. The number of likely N-dealkylation sites (N-methyl/N-ethyl adjacent to an activating group) is 1. The maximum atomic E-state index is 6.24. The number of para-hydroxylation sites is 1. The molecule has 1 unspecified atom stereocenters. The smallest absolute Gasteiger partial charge is 0.165 e. The highest BCUT2D eigenvalue weighted by Gasteiger charge is 2.23. The molecule has 0 spiro atoms. The molecule has 146 valence electrons. The number of fused-ring (bicyclic) bond motifs is 2. The third-order valence-corrected chi connectivity index (χ3v) is 5.33. The molecule has 5 rings (SSSR count). The van der Waals surface area contributed by atoms with Gasteiger partial charge in [0.2, 0.25) is 0 Å². The monoisotopic (exact) mass is 386 g/mol. The summed E-state index contributed by atoms with van der Waals surface area (Å²) < 4.78 is 8.02. The Balaban J connectivity index is 1.48. The molecule has 0 aliphatic carbocycles. The van der Waals surface area contributed by atoms with Crippen molar-refractivity contribution in [3.05, 3.63) is 60.6 Å². The molecule has 7 heteroatoms. The average molecular weight is 386 g/mol. The van der Waals surface area contributed by atoms with Crippen molar-refractivity contribution in [3.63, 3.8) is 0 Å². The molecule has 4 aromatic rings. The summed E-state index contributed by atoms with van der Waals surface area (Å²) in [7, 11) is 3.94. The highest BCUT2D eigenvalue weighted by molar-refractivity contribution is 5.88. The van der Waals surface area contributed by atoms with E-state index in [1.165, 1.54) is 5.56 Å². The van der Waals surface area contributed by atoms with E-state index in [9.17, 15) is 0 Å². The lowest BCUT2D eigenvalue weighted by Gasteiger charge is -2.30. The standard InChI is InChI=1S/C22H22N6O/c1-27(14-17-10-9-15-6-3-4-8-19(15)29-17)21-18-13-24-28(2)22(18)26-20(25-21)16-7-5-11-23-12-16/h3-8,11-13,17H,9-10,14H2,1-2H3. The minimum atomic E-state index is 0.110. The highest BCUT2D eigenvalue weighted by Crippen LogP contribution is 2.30. The number of rotatable bonds is 4. The molecule has 0 fully saturated rings. The average Bonchev–Trinajstić information content (AvgIpc) is 3.14. The molecule has 0 saturated carbocycles. The lowest BCUT2D eigenvalue weighted by molar-refractivity contribution is 0.179. The first-order chi connectivity index (χ1) is 14.2. The molecule has 0 bridgehead atoms. The Bertz CT molecular complexity index is 1160. The number of hydrogen-bond acceptors (Lipinski definition) is 6. The van der Waals surface area contributed by atoms with E-state index >= 15 is 0 Å². The number of pyridine rings is 1. The van der Waals surface area contributed by atoms with Gasteiger partial charge in [0.05, 0.1) is 18.1 Å². The summed E-state index contributed by atoms with van der Waals surface area (Å²) in [6.07, 6.45) is 7.48. The molecule has 0 radical (unpaired) electrons. The number of aromatic nitrogens is 5. The zero-order valence-electron chi connectivity index (χ0n) is 16.5. The van der Waals surface area contributed by atoms with Crippen LogP contribution < -0.4 is 9.64 Å². The summed E-state index contributed by atoms with van der Waals surface area (Å²) in [5.74, 6) is 2.48. The maximum Gasteiger partial charge on any atom is 0.165 e. The summed E-state index contributed by atoms with van der Waals surface area (Å²) in [4.78, 5) is 15.9. The molecule has 7 nitrogen and oxygen atoms in total. The number of aryl methyl sites for hydroxylation is 2. The zero-order chi connectivity index (χ0) is 19.8. The fourth-order valence-corrected chi connectivity index (χ4v) is 3.82. The lowest BCUT2D eigenvalue weighted by Crippen LogP contribution is -2.36. The molecule has 29 heavy (non-hydrogen) atoms. The molecule has 3 aromatic heterocycles. The summed E-state index contributed by atoms with van der Waals surface area (Å²) >= 11 is 0. The summed E-state index contributed by atoms with van der Waals surface area (Å²) in [5.41, 5.74) is 2.96. The minimum absolute atomic E-state index is 0.110. The Morgan fingerprint density at radius 1 is 1.14 bits per heavy atom. The van der Waals surface area contributed by atoms with E-state index in [-0.39, 0.29) is 6.10 Å². The molecule has 1 aliphatic heterocycles. The van der Waals surface area contributed by atoms with Crippen molar-refractivity contribution in [2.75, 3.05) is 18.5 Å². The molecule has 1 aromatic carbocycles. The fraction of sp³-hybridized carbons (Fsp3) is 0.273. The Kier molecular flexibility index (Phi) is 4.35. The van der Waals surface area contributed by atoms with Gasteiger partial charge in [-0.2, -0.15) is 5.10 Å². The Hall–Kier alpha value is -3.48. The van der Waals surface area contributed by atoms with Crippen LogP contribution in [0.3, 0.4) is 0 Å². The Labute approximate surface area is 169 Å². The van der Waals surface area contributed by atoms with Crippen LogP contribution in [0.4, 0.5) is 5.82 Å². The van der Waals surface area contributed by atoms with Crippen LogP contribution >= 0.6 is 0 Å². The fourth-order valence-electron chi connectivity index (χ4n) is 3.82. The molecule has 1 atom stereocenters. The van der Waals surface area contributed by atoms with E-state index in [2.05, 4.69) is 27.1 Å². The molecule has 4 heterocycles. The number of ether oxygens (including phenoxy) is 1. The van der Waals surface area contributed by atoms with Crippen LogP contribution in [0.5, 0.6) is 5.75 Å². The van der Waals surface area contributed by atoms with E-state index in [4.69, 9.17) is 14.7 Å². The van der Waals surface area contributed by atoms with Crippen LogP contribution in [0.15, 0.2) is 55.0 Å². The summed E-state index contributed by atoms with van der Waals surface area (Å²) in [6.45, 7) is 0.738. The lowest BCUT2D eigenvalue weighted by atomic mass is 10.0. The minimum Gasteiger partial charge on any atom is -0.488 e. The van der Waals surface area contributed by atoms with Gasteiger partial charge >= 0.3 is 0 Å². The van der Waals surface area contributed by atoms with Gasteiger partial charge in [-0.3, -0.25) is 9.67 Å². The number of anilines is 1. The van der Waals surface area contributed by atoms with Crippen LogP contribution in [0.25, 0.3) is 22.4 Å². The number of nitrogens with zero attached hydrogens (tertiary/aromatic N) is 6. The molecule has 0 amide bonds. The largest absolute Gasteiger partial charge is 0.488 e. The third kappa shape index (κ3) is 3.29. The SMILES string of the molecule is CN(CC1CCc2ccccc2O1)c1nc(-c2cccnc2)nc2c1cnn2C. The van der Waals surface area contributed by atoms with Crippen molar-refractivity contribution >= 4 is 16.9 Å². The van der Waals surface area contributed by atoms with Gasteiger partial charge in [0.25, 0.3) is 0 Å². The summed E-state index contributed by atoms with van der Waals surface area (Å²) in [5, 5.41) is 5.32. The number of hydrogen-bond donors (Lipinski definition) is 0. The van der Waals surface area contributed by atoms with Crippen LogP contribution in [0.1, 0.15) is 12.0 Å². The first kappa shape index (κ1) is 17.6. The first-order valence-electron chi connectivity index (χ1n) is 9.75. The van der Waals surface area contributed by atoms with E-state index in [1.54, 1.807) is 17.1 Å². The van der Waals surface area contributed by atoms with Crippen molar-refractivity contribution < 1.29 is 4.74 Å². The van der Waals surface area contributed by atoms with E-state index in [0.717, 1.165) is 47.6 Å². The predicted molar refractivity (Wildman–Crippen MR) is 112 cm³/mol. The normalized spacial score (nSPS) is 15.7. The Morgan fingerprint density at radius 2 is 2.03 bits per heavy atom. The second-order valence-corrected chi connectivity index (χ2v) is 7.38. The second-order valence-electron chi connectivity index (χ2n) is 7.38. The van der Waals surface area contributed by atoms with Crippen LogP contribution in [0.2, 0.25) is 0 Å². The highest BCUT2D eigenvalue weighted by atomic mass is 16.5. The quantitative estimate of drug-likeness (QED) is 0.536. The van der Waals surface area contributed by atoms with Crippen molar-refractivity contribution in [2.24, 2.45) is 7.05 Å². The predicted octanol–water partition coefficient (Wildman–Crippen LogP) is 3.26. The first-order valence-corrected chi connectivity index (χ1v) is 9.75. The molecular formula is C22H22N6O. The van der Waals surface area contributed by atoms with E-state index in [1.807, 2.05) is 44.6 Å². The molecular weight excluding hydrogens is 364 g/mol. The van der Waals surface area contributed by atoms with Crippen molar-refractivity contribution in [3.8, 4) is 17.1 Å². The van der Waals surface area contributed by atoms with Gasteiger partial charge < -0.3 is 9.64 Å². The molecule has 0 saturated heterocycles. The molecule has 1 aliphatic rings. The van der Waals surface area contributed by atoms with Crippen LogP contribution in [0, 0.1) is 0 Å².